The second kappa shape index (κ2) is 10.8. The Hall–Kier alpha value is -3.59. The number of aromatic nitrogens is 2. The number of thiophene rings is 1. The molecule has 2 aliphatic carbocycles. The van der Waals surface area contributed by atoms with E-state index in [9.17, 15) is 19.5 Å². The highest BCUT2D eigenvalue weighted by atomic mass is 32.1. The normalized spacial score (nSPS) is 19.3. The van der Waals surface area contributed by atoms with Gasteiger partial charge in [0, 0.05) is 35.4 Å². The fourth-order valence-electron chi connectivity index (χ4n) is 4.80. The topological polar surface area (TPSA) is 112 Å². The van der Waals surface area contributed by atoms with Crippen molar-refractivity contribution >= 4 is 40.5 Å². The van der Waals surface area contributed by atoms with E-state index >= 15 is 0 Å². The molecule has 37 heavy (non-hydrogen) atoms. The molecule has 2 N–H and O–H groups in total. The SMILES string of the molecule is C[C@H]1CC[C@H](C(=O)N(CC2CC2)c2cc(-c3ccc(NC(=O)c4cnccn4)cc3)sc2C(=O)O)CC1. The Morgan fingerprint density at radius 3 is 2.41 bits per heavy atom. The molecule has 0 bridgehead atoms. The highest BCUT2D eigenvalue weighted by Crippen LogP contribution is 2.41. The summed E-state index contributed by atoms with van der Waals surface area (Å²) in [6.45, 7) is 2.80. The van der Waals surface area contributed by atoms with Crippen molar-refractivity contribution in [2.24, 2.45) is 17.8 Å². The molecule has 1 aromatic carbocycles. The van der Waals surface area contributed by atoms with Gasteiger partial charge in [-0.25, -0.2) is 9.78 Å². The third-order valence-corrected chi connectivity index (χ3v) is 8.35. The molecule has 9 heteroatoms. The van der Waals surface area contributed by atoms with Gasteiger partial charge in [-0.05, 0) is 74.1 Å². The lowest BCUT2D eigenvalue weighted by atomic mass is 9.82. The molecule has 0 atom stereocenters. The summed E-state index contributed by atoms with van der Waals surface area (Å²) in [6, 6.07) is 9.04. The maximum atomic E-state index is 13.6. The number of benzene rings is 1. The van der Waals surface area contributed by atoms with Crippen LogP contribution in [0.15, 0.2) is 48.9 Å². The molecule has 0 radical (unpaired) electrons. The Bertz CT molecular complexity index is 1280. The summed E-state index contributed by atoms with van der Waals surface area (Å²) in [4.78, 5) is 48.9. The lowest BCUT2D eigenvalue weighted by Gasteiger charge is -2.31. The minimum Gasteiger partial charge on any atom is -0.477 e. The highest BCUT2D eigenvalue weighted by Gasteiger charge is 2.35. The van der Waals surface area contributed by atoms with Crippen LogP contribution in [-0.2, 0) is 4.79 Å². The quantitative estimate of drug-likeness (QED) is 0.394. The van der Waals surface area contributed by atoms with E-state index in [0.29, 0.717) is 29.8 Å². The number of carbonyl (C=O) groups is 3. The third-order valence-electron chi connectivity index (χ3n) is 7.19. The molecule has 0 spiro atoms. The largest absolute Gasteiger partial charge is 0.477 e. The molecule has 2 heterocycles. The molecule has 2 fully saturated rings. The van der Waals surface area contributed by atoms with Crippen LogP contribution in [0, 0.1) is 17.8 Å². The first-order chi connectivity index (χ1) is 17.9. The minimum atomic E-state index is -1.02. The zero-order chi connectivity index (χ0) is 25.9. The maximum absolute atomic E-state index is 13.6. The minimum absolute atomic E-state index is 0.0443. The van der Waals surface area contributed by atoms with E-state index in [0.717, 1.165) is 49.0 Å². The molecule has 0 unspecified atom stereocenters. The number of hydrogen-bond acceptors (Lipinski definition) is 6. The molecular formula is C28H30N4O4S. The Balaban J connectivity index is 1.39. The molecule has 2 aliphatic rings. The van der Waals surface area contributed by atoms with E-state index in [4.69, 9.17) is 0 Å². The molecule has 192 valence electrons. The summed E-state index contributed by atoms with van der Waals surface area (Å²) < 4.78 is 0. The van der Waals surface area contributed by atoms with Gasteiger partial charge in [-0.3, -0.25) is 14.6 Å². The molecule has 2 aromatic heterocycles. The smallest absolute Gasteiger partial charge is 0.348 e. The average Bonchev–Trinajstić information content (AvgIpc) is 3.63. The van der Waals surface area contributed by atoms with Crippen molar-refractivity contribution < 1.29 is 19.5 Å². The number of amides is 2. The van der Waals surface area contributed by atoms with Crippen LogP contribution in [0.5, 0.6) is 0 Å². The zero-order valence-corrected chi connectivity index (χ0v) is 21.5. The number of anilines is 2. The van der Waals surface area contributed by atoms with Gasteiger partial charge in [-0.15, -0.1) is 11.3 Å². The van der Waals surface area contributed by atoms with Gasteiger partial charge in [-0.1, -0.05) is 19.1 Å². The predicted molar refractivity (Wildman–Crippen MR) is 143 cm³/mol. The molecule has 2 amide bonds. The van der Waals surface area contributed by atoms with Crippen LogP contribution in [0.1, 0.15) is 65.6 Å². The van der Waals surface area contributed by atoms with Crippen LogP contribution in [0.25, 0.3) is 10.4 Å². The molecule has 2 saturated carbocycles. The van der Waals surface area contributed by atoms with Crippen LogP contribution in [0.2, 0.25) is 0 Å². The lowest BCUT2D eigenvalue weighted by Crippen LogP contribution is -2.39. The highest BCUT2D eigenvalue weighted by molar-refractivity contribution is 7.18. The predicted octanol–water partition coefficient (Wildman–Crippen LogP) is 5.72. The van der Waals surface area contributed by atoms with Crippen molar-refractivity contribution in [1.82, 2.24) is 9.97 Å². The van der Waals surface area contributed by atoms with E-state index in [1.54, 1.807) is 17.0 Å². The second-order valence-corrected chi connectivity index (χ2v) is 11.2. The van der Waals surface area contributed by atoms with Gasteiger partial charge in [-0.2, -0.15) is 0 Å². The molecule has 8 nitrogen and oxygen atoms in total. The summed E-state index contributed by atoms with van der Waals surface area (Å²) in [5.74, 6) is -0.293. The van der Waals surface area contributed by atoms with E-state index in [1.807, 2.05) is 18.2 Å². The molecule has 0 aliphatic heterocycles. The number of carboxylic acids is 1. The van der Waals surface area contributed by atoms with Gasteiger partial charge in [0.05, 0.1) is 11.9 Å². The van der Waals surface area contributed by atoms with Crippen LogP contribution in [0.3, 0.4) is 0 Å². The number of carboxylic acid groups (broad SMARTS) is 1. The average molecular weight is 519 g/mol. The van der Waals surface area contributed by atoms with Crippen LogP contribution >= 0.6 is 11.3 Å². The monoisotopic (exact) mass is 518 g/mol. The van der Waals surface area contributed by atoms with E-state index in [2.05, 4.69) is 22.2 Å². The fraction of sp³-hybridized carbons (Fsp3) is 0.393. The molecular weight excluding hydrogens is 488 g/mol. The standard InChI is InChI=1S/C28H30N4O4S/c1-17-2-6-20(7-3-17)27(34)32(16-18-4-5-18)23-14-24(37-25(23)28(35)36)19-8-10-21(11-9-19)31-26(33)22-15-29-12-13-30-22/h8-15,17-18,20H,2-7,16H2,1H3,(H,31,33)(H,35,36)/t17-,20-. The van der Waals surface area contributed by atoms with Gasteiger partial charge in [0.25, 0.3) is 5.91 Å². The summed E-state index contributed by atoms with van der Waals surface area (Å²) >= 11 is 1.18. The second-order valence-electron chi connectivity index (χ2n) is 10.1. The third kappa shape index (κ3) is 5.88. The Morgan fingerprint density at radius 2 is 1.78 bits per heavy atom. The van der Waals surface area contributed by atoms with Crippen molar-refractivity contribution in [2.75, 3.05) is 16.8 Å². The van der Waals surface area contributed by atoms with Crippen molar-refractivity contribution in [3.05, 3.63) is 59.5 Å². The van der Waals surface area contributed by atoms with E-state index in [-0.39, 0.29) is 28.3 Å². The number of carbonyl (C=O) groups excluding carboxylic acids is 2. The van der Waals surface area contributed by atoms with Crippen LogP contribution in [0.4, 0.5) is 11.4 Å². The zero-order valence-electron chi connectivity index (χ0n) is 20.7. The van der Waals surface area contributed by atoms with Gasteiger partial charge >= 0.3 is 5.97 Å². The Labute approximate surface area is 219 Å². The molecule has 0 saturated heterocycles. The number of aromatic carboxylic acids is 1. The first kappa shape index (κ1) is 25.1. The summed E-state index contributed by atoms with van der Waals surface area (Å²) in [7, 11) is 0. The van der Waals surface area contributed by atoms with Crippen molar-refractivity contribution in [3.8, 4) is 10.4 Å². The Morgan fingerprint density at radius 1 is 1.05 bits per heavy atom. The van der Waals surface area contributed by atoms with Gasteiger partial charge in [0.15, 0.2) is 0 Å². The lowest BCUT2D eigenvalue weighted by molar-refractivity contribution is -0.123. The number of hydrogen-bond donors (Lipinski definition) is 2. The number of nitrogens with zero attached hydrogens (tertiary/aromatic N) is 3. The van der Waals surface area contributed by atoms with Gasteiger partial charge in [0.1, 0.15) is 10.6 Å². The summed E-state index contributed by atoms with van der Waals surface area (Å²) in [5.41, 5.74) is 2.13. The first-order valence-electron chi connectivity index (χ1n) is 12.8. The van der Waals surface area contributed by atoms with Crippen molar-refractivity contribution in [1.29, 1.82) is 0 Å². The van der Waals surface area contributed by atoms with Crippen molar-refractivity contribution in [3.63, 3.8) is 0 Å². The van der Waals surface area contributed by atoms with Crippen LogP contribution in [-0.4, -0.2) is 39.4 Å². The maximum Gasteiger partial charge on any atom is 0.348 e. The van der Waals surface area contributed by atoms with Crippen LogP contribution < -0.4 is 10.2 Å². The van der Waals surface area contributed by atoms with Crippen molar-refractivity contribution in [2.45, 2.75) is 45.4 Å². The van der Waals surface area contributed by atoms with Gasteiger partial charge < -0.3 is 15.3 Å². The summed E-state index contributed by atoms with van der Waals surface area (Å²) in [5, 5.41) is 12.8. The first-order valence-corrected chi connectivity index (χ1v) is 13.6. The summed E-state index contributed by atoms with van der Waals surface area (Å²) in [6.07, 6.45) is 10.3. The molecule has 5 rings (SSSR count). The molecule has 3 aromatic rings. The Kier molecular flexibility index (Phi) is 7.32. The number of nitrogens with one attached hydrogen (secondary N) is 1. The fourth-order valence-corrected chi connectivity index (χ4v) is 5.81. The number of rotatable bonds is 8. The van der Waals surface area contributed by atoms with E-state index in [1.165, 1.54) is 29.9 Å². The van der Waals surface area contributed by atoms with Gasteiger partial charge in [0.2, 0.25) is 5.91 Å². The van der Waals surface area contributed by atoms with E-state index < -0.39 is 5.97 Å².